The minimum atomic E-state index is -0.778. The van der Waals surface area contributed by atoms with Gasteiger partial charge in [0.2, 0.25) is 0 Å². The second-order valence-electron chi connectivity index (χ2n) is 8.35. The molecule has 0 radical (unpaired) electrons. The highest BCUT2D eigenvalue weighted by Gasteiger charge is 2.34. The molecule has 1 atom stereocenters. The van der Waals surface area contributed by atoms with Crippen molar-refractivity contribution in [3.05, 3.63) is 120 Å². The van der Waals surface area contributed by atoms with Gasteiger partial charge in [0.25, 0.3) is 11.5 Å². The smallest absolute Gasteiger partial charge is 0.271 e. The summed E-state index contributed by atoms with van der Waals surface area (Å²) in [4.78, 5) is 32.2. The number of carbonyl (C=O) groups excluding carboxylic acids is 1. The van der Waals surface area contributed by atoms with E-state index in [2.05, 4.69) is 10.3 Å². The fourth-order valence-corrected chi connectivity index (χ4v) is 5.14. The summed E-state index contributed by atoms with van der Waals surface area (Å²) in [6.45, 7) is 5.48. The number of thiazole rings is 1. The van der Waals surface area contributed by atoms with Crippen molar-refractivity contribution in [2.45, 2.75) is 26.8 Å². The molecule has 0 saturated carbocycles. The Hall–Kier alpha value is -4.04. The van der Waals surface area contributed by atoms with Crippen LogP contribution in [0.2, 0.25) is 0 Å². The number of benzene rings is 2. The summed E-state index contributed by atoms with van der Waals surface area (Å²) in [5, 5.41) is 2.97. The van der Waals surface area contributed by atoms with E-state index in [-0.39, 0.29) is 17.3 Å². The van der Waals surface area contributed by atoms with Crippen molar-refractivity contribution in [1.82, 2.24) is 4.57 Å². The van der Waals surface area contributed by atoms with E-state index in [0.29, 0.717) is 43.4 Å². The van der Waals surface area contributed by atoms with Gasteiger partial charge in [-0.15, -0.1) is 0 Å². The number of carbonyl (C=O) groups is 1. The average Bonchev–Trinajstić information content (AvgIpc) is 3.39. The zero-order chi connectivity index (χ0) is 24.7. The summed E-state index contributed by atoms with van der Waals surface area (Å²) in [6.07, 6.45) is 1.69. The van der Waals surface area contributed by atoms with Gasteiger partial charge in [0.15, 0.2) is 4.80 Å². The minimum absolute atomic E-state index is 0.300. The molecule has 0 spiro atoms. The van der Waals surface area contributed by atoms with Gasteiger partial charge in [-0.3, -0.25) is 14.2 Å². The molecule has 1 aliphatic rings. The van der Waals surface area contributed by atoms with Gasteiger partial charge in [-0.1, -0.05) is 41.7 Å². The fraction of sp³-hybridized carbons (Fsp3) is 0.148. The number of nitrogens with one attached hydrogen (secondary N) is 1. The third-order valence-corrected chi connectivity index (χ3v) is 6.84. The highest BCUT2D eigenvalue weighted by molar-refractivity contribution is 7.07. The normalized spacial score (nSPS) is 15.7. The third-order valence-electron chi connectivity index (χ3n) is 5.86. The van der Waals surface area contributed by atoms with Crippen LogP contribution in [0.15, 0.2) is 86.1 Å². The quantitative estimate of drug-likeness (QED) is 0.468. The van der Waals surface area contributed by atoms with E-state index in [1.54, 1.807) is 37.3 Å². The molecule has 0 aliphatic carbocycles. The van der Waals surface area contributed by atoms with Crippen LogP contribution in [0, 0.1) is 19.7 Å². The zero-order valence-electron chi connectivity index (χ0n) is 19.3. The summed E-state index contributed by atoms with van der Waals surface area (Å²) >= 11 is 1.22. The number of amides is 1. The number of allylic oxidation sites excluding steroid dienone is 1. The topological polar surface area (TPSA) is 76.6 Å². The number of hydrogen-bond acceptors (Lipinski definition) is 5. The Kier molecular flexibility index (Phi) is 5.82. The molecule has 1 unspecified atom stereocenters. The first-order valence-electron chi connectivity index (χ1n) is 11.0. The molecular weight excluding hydrogens is 465 g/mol. The number of halogens is 1. The number of aromatic nitrogens is 1. The van der Waals surface area contributed by atoms with E-state index in [1.165, 1.54) is 28.0 Å². The zero-order valence-corrected chi connectivity index (χ0v) is 20.2. The van der Waals surface area contributed by atoms with Gasteiger partial charge in [0, 0.05) is 5.69 Å². The summed E-state index contributed by atoms with van der Waals surface area (Å²) < 4.78 is 21.2. The molecule has 0 fully saturated rings. The second kappa shape index (κ2) is 8.96. The van der Waals surface area contributed by atoms with Crippen molar-refractivity contribution in [3.63, 3.8) is 0 Å². The predicted octanol–water partition coefficient (Wildman–Crippen LogP) is 4.22. The van der Waals surface area contributed by atoms with Crippen LogP contribution in [0.5, 0.6) is 0 Å². The van der Waals surface area contributed by atoms with Crippen LogP contribution >= 0.6 is 11.3 Å². The van der Waals surface area contributed by atoms with Crippen molar-refractivity contribution in [2.24, 2.45) is 4.99 Å². The highest BCUT2D eigenvalue weighted by atomic mass is 32.1. The summed E-state index contributed by atoms with van der Waals surface area (Å²) in [6, 6.07) is 16.2. The van der Waals surface area contributed by atoms with Crippen molar-refractivity contribution in [3.8, 4) is 0 Å². The maximum atomic E-state index is 13.6. The van der Waals surface area contributed by atoms with Crippen LogP contribution in [-0.4, -0.2) is 10.5 Å². The van der Waals surface area contributed by atoms with Crippen molar-refractivity contribution in [1.29, 1.82) is 0 Å². The van der Waals surface area contributed by atoms with Crippen molar-refractivity contribution >= 4 is 29.0 Å². The third kappa shape index (κ3) is 4.28. The molecule has 6 nitrogen and oxygen atoms in total. The molecule has 1 amide bonds. The molecule has 1 aliphatic heterocycles. The second-order valence-corrected chi connectivity index (χ2v) is 9.36. The van der Waals surface area contributed by atoms with E-state index in [4.69, 9.17) is 4.42 Å². The van der Waals surface area contributed by atoms with E-state index in [0.717, 1.165) is 5.56 Å². The number of furan rings is 1. The Morgan fingerprint density at radius 3 is 2.51 bits per heavy atom. The Morgan fingerprint density at radius 2 is 1.83 bits per heavy atom. The maximum Gasteiger partial charge on any atom is 0.271 e. The van der Waals surface area contributed by atoms with Gasteiger partial charge in [-0.2, -0.15) is 0 Å². The van der Waals surface area contributed by atoms with Crippen LogP contribution in [0.25, 0.3) is 6.08 Å². The Morgan fingerprint density at radius 1 is 1.09 bits per heavy atom. The number of rotatable bonds is 4. The monoisotopic (exact) mass is 487 g/mol. The summed E-state index contributed by atoms with van der Waals surface area (Å²) in [5.74, 6) is 0.437. The van der Waals surface area contributed by atoms with Crippen LogP contribution in [-0.2, 0) is 4.79 Å². The van der Waals surface area contributed by atoms with E-state index >= 15 is 0 Å². The first kappa shape index (κ1) is 22.7. The number of para-hydroxylation sites is 1. The molecule has 2 aromatic carbocycles. The van der Waals surface area contributed by atoms with Gasteiger partial charge in [-0.25, -0.2) is 9.38 Å². The predicted molar refractivity (Wildman–Crippen MR) is 133 cm³/mol. The van der Waals surface area contributed by atoms with Crippen molar-refractivity contribution < 1.29 is 13.6 Å². The van der Waals surface area contributed by atoms with Crippen LogP contribution < -0.4 is 20.2 Å². The fourth-order valence-electron chi connectivity index (χ4n) is 4.09. The molecular formula is C27H22FN3O3S. The molecule has 1 N–H and O–H groups in total. The number of aryl methyl sites for hydroxylation is 2. The minimum Gasteiger partial charge on any atom is -0.464 e. The lowest BCUT2D eigenvalue weighted by Gasteiger charge is -2.23. The van der Waals surface area contributed by atoms with E-state index in [9.17, 15) is 14.0 Å². The van der Waals surface area contributed by atoms with Gasteiger partial charge in [0.1, 0.15) is 23.4 Å². The lowest BCUT2D eigenvalue weighted by molar-refractivity contribution is -0.113. The van der Waals surface area contributed by atoms with Gasteiger partial charge in [0.05, 0.1) is 15.8 Å². The standard InChI is InChI=1S/C27H22FN3O3S/c1-15-6-4-5-7-20(15)30-25(32)23-17(3)29-27-31(24(23)21-13-8-16(2)34-21)26(33)22(35-27)14-18-9-11-19(28)12-10-18/h4-14,24H,1-3H3,(H,30,32). The Bertz CT molecular complexity index is 1660. The summed E-state index contributed by atoms with van der Waals surface area (Å²) in [7, 11) is 0. The van der Waals surface area contributed by atoms with Gasteiger partial charge >= 0.3 is 0 Å². The van der Waals surface area contributed by atoms with E-state index in [1.807, 2.05) is 38.1 Å². The van der Waals surface area contributed by atoms with Crippen molar-refractivity contribution in [2.75, 3.05) is 5.32 Å². The average molecular weight is 488 g/mol. The maximum absolute atomic E-state index is 13.6. The number of nitrogens with zero attached hydrogens (tertiary/aromatic N) is 2. The first-order chi connectivity index (χ1) is 16.8. The number of hydrogen-bond donors (Lipinski definition) is 1. The van der Waals surface area contributed by atoms with Crippen LogP contribution in [0.1, 0.15) is 35.6 Å². The number of fused-ring (bicyclic) bond motifs is 1. The Balaban J connectivity index is 1.66. The first-order valence-corrected chi connectivity index (χ1v) is 11.8. The molecule has 176 valence electrons. The molecule has 0 bridgehead atoms. The van der Waals surface area contributed by atoms with Crippen LogP contribution in [0.3, 0.4) is 0 Å². The molecule has 3 heterocycles. The lowest BCUT2D eigenvalue weighted by Crippen LogP contribution is -2.40. The lowest BCUT2D eigenvalue weighted by atomic mass is 10.00. The molecule has 35 heavy (non-hydrogen) atoms. The highest BCUT2D eigenvalue weighted by Crippen LogP contribution is 2.32. The molecule has 4 aromatic rings. The molecule has 2 aromatic heterocycles. The molecule has 5 rings (SSSR count). The number of anilines is 1. The Labute approximate surface area is 204 Å². The molecule has 0 saturated heterocycles. The SMILES string of the molecule is CC1=C(C(=O)Nc2ccccc2C)C(c2ccc(C)o2)n2c(sc(=Cc3ccc(F)cc3)c2=O)=N1. The van der Waals surface area contributed by atoms with E-state index < -0.39 is 6.04 Å². The molecule has 8 heteroatoms. The summed E-state index contributed by atoms with van der Waals surface area (Å²) in [5.41, 5.74) is 2.83. The van der Waals surface area contributed by atoms with Gasteiger partial charge < -0.3 is 9.73 Å². The van der Waals surface area contributed by atoms with Crippen LogP contribution in [0.4, 0.5) is 10.1 Å². The van der Waals surface area contributed by atoms with Gasteiger partial charge in [-0.05, 0) is 68.3 Å². The largest absolute Gasteiger partial charge is 0.464 e.